The zero-order valence-corrected chi connectivity index (χ0v) is 17.4. The second kappa shape index (κ2) is 6.02. The van der Waals surface area contributed by atoms with Crippen molar-refractivity contribution in [2.24, 2.45) is 0 Å². The van der Waals surface area contributed by atoms with E-state index in [1.807, 2.05) is 25.1 Å². The van der Waals surface area contributed by atoms with Crippen molar-refractivity contribution in [3.8, 4) is 11.4 Å². The van der Waals surface area contributed by atoms with Crippen LogP contribution in [0.4, 0.5) is 0 Å². The highest BCUT2D eigenvalue weighted by Gasteiger charge is 2.27. The van der Waals surface area contributed by atoms with Gasteiger partial charge in [0.2, 0.25) is 0 Å². The molecule has 0 spiro atoms. The lowest BCUT2D eigenvalue weighted by atomic mass is 9.79. The van der Waals surface area contributed by atoms with E-state index in [4.69, 9.17) is 11.6 Å². The van der Waals surface area contributed by atoms with E-state index in [2.05, 4.69) is 63.2 Å². The molecular formula is C22H27ClN2O. The van der Waals surface area contributed by atoms with E-state index in [1.165, 1.54) is 0 Å². The highest BCUT2D eigenvalue weighted by molar-refractivity contribution is 6.31. The summed E-state index contributed by atoms with van der Waals surface area (Å²) in [6, 6.07) is 9.92. The van der Waals surface area contributed by atoms with Crippen molar-refractivity contribution in [2.45, 2.75) is 59.3 Å². The molecule has 1 aromatic heterocycles. The van der Waals surface area contributed by atoms with Crippen LogP contribution in [-0.2, 0) is 10.8 Å². The second-order valence-electron chi connectivity index (χ2n) is 9.02. The van der Waals surface area contributed by atoms with Gasteiger partial charge in [0.25, 0.3) is 0 Å². The van der Waals surface area contributed by atoms with E-state index in [-0.39, 0.29) is 10.8 Å². The molecule has 0 fully saturated rings. The first kappa shape index (κ1) is 18.8. The molecule has 0 amide bonds. The molecule has 2 aromatic carbocycles. The Kier molecular flexibility index (Phi) is 4.35. The third-order valence-corrected chi connectivity index (χ3v) is 4.99. The summed E-state index contributed by atoms with van der Waals surface area (Å²) in [6.45, 7) is 14.7. The van der Waals surface area contributed by atoms with E-state index >= 15 is 0 Å². The molecule has 0 aliphatic heterocycles. The van der Waals surface area contributed by atoms with Crippen molar-refractivity contribution in [3.05, 3.63) is 52.3 Å². The van der Waals surface area contributed by atoms with Crippen LogP contribution in [0.15, 0.2) is 30.3 Å². The average molecular weight is 371 g/mol. The highest BCUT2D eigenvalue weighted by atomic mass is 35.5. The predicted octanol–water partition coefficient (Wildman–Crippen LogP) is 6.29. The number of aromatic nitrogens is 2. The van der Waals surface area contributed by atoms with Crippen LogP contribution in [-0.4, -0.2) is 14.7 Å². The maximum Gasteiger partial charge on any atom is 0.123 e. The number of nitrogens with zero attached hydrogens (tertiary/aromatic N) is 2. The zero-order valence-electron chi connectivity index (χ0n) is 16.6. The lowest BCUT2D eigenvalue weighted by molar-refractivity contribution is 0.423. The number of benzene rings is 2. The number of hydrogen-bond donors (Lipinski definition) is 1. The maximum absolute atomic E-state index is 11.0. The molecule has 0 bridgehead atoms. The van der Waals surface area contributed by atoms with Gasteiger partial charge >= 0.3 is 0 Å². The van der Waals surface area contributed by atoms with Crippen molar-refractivity contribution in [2.75, 3.05) is 0 Å². The number of aryl methyl sites for hydroxylation is 1. The van der Waals surface area contributed by atoms with Crippen molar-refractivity contribution in [1.29, 1.82) is 0 Å². The monoisotopic (exact) mass is 370 g/mol. The van der Waals surface area contributed by atoms with Gasteiger partial charge in [-0.05, 0) is 48.1 Å². The van der Waals surface area contributed by atoms with Gasteiger partial charge in [-0.3, -0.25) is 4.57 Å². The van der Waals surface area contributed by atoms with Crippen LogP contribution in [0.1, 0.15) is 58.5 Å². The van der Waals surface area contributed by atoms with Crippen molar-refractivity contribution in [3.63, 3.8) is 0 Å². The molecule has 0 saturated heterocycles. The molecule has 0 unspecified atom stereocenters. The summed E-state index contributed by atoms with van der Waals surface area (Å²) in [6.07, 6.45) is 0. The van der Waals surface area contributed by atoms with Gasteiger partial charge in [-0.25, -0.2) is 4.98 Å². The lowest BCUT2D eigenvalue weighted by Gasteiger charge is -2.28. The van der Waals surface area contributed by atoms with E-state index in [9.17, 15) is 5.11 Å². The van der Waals surface area contributed by atoms with E-state index in [1.54, 1.807) is 0 Å². The molecule has 3 nitrogen and oxygen atoms in total. The fourth-order valence-electron chi connectivity index (χ4n) is 3.39. The Morgan fingerprint density at radius 1 is 0.923 bits per heavy atom. The molecule has 3 rings (SSSR count). The van der Waals surface area contributed by atoms with E-state index < -0.39 is 0 Å². The average Bonchev–Trinajstić information content (AvgIpc) is 2.80. The molecule has 3 aromatic rings. The highest BCUT2D eigenvalue weighted by Crippen LogP contribution is 2.41. The molecule has 1 N–H and O–H groups in total. The van der Waals surface area contributed by atoms with Gasteiger partial charge in [0.05, 0.1) is 11.0 Å². The number of phenolic OH excluding ortho intramolecular Hbond substituents is 1. The van der Waals surface area contributed by atoms with Crippen molar-refractivity contribution < 1.29 is 5.11 Å². The Labute approximate surface area is 160 Å². The summed E-state index contributed by atoms with van der Waals surface area (Å²) in [5, 5.41) is 11.6. The normalized spacial score (nSPS) is 12.8. The quantitative estimate of drug-likeness (QED) is 0.546. The zero-order chi connectivity index (χ0) is 19.4. The van der Waals surface area contributed by atoms with E-state index in [0.717, 1.165) is 33.7 Å². The Bertz CT molecular complexity index is 953. The standard InChI is InChI=1S/C22H27ClN2O/c1-13-24-18-10-14(23)8-9-19(18)25(13)15-11-16(21(2,3)4)20(26)17(12-15)22(5,6)7/h8-12,26H,1-7H3. The maximum atomic E-state index is 11.0. The molecule has 26 heavy (non-hydrogen) atoms. The minimum atomic E-state index is -0.173. The van der Waals surface area contributed by atoms with Gasteiger partial charge in [-0.15, -0.1) is 0 Å². The molecule has 138 valence electrons. The predicted molar refractivity (Wildman–Crippen MR) is 110 cm³/mol. The Morgan fingerprint density at radius 2 is 1.46 bits per heavy atom. The first-order chi connectivity index (χ1) is 11.9. The van der Waals surface area contributed by atoms with Gasteiger partial charge in [-0.1, -0.05) is 53.1 Å². The molecule has 0 atom stereocenters. The third kappa shape index (κ3) is 3.21. The topological polar surface area (TPSA) is 38.0 Å². The smallest absolute Gasteiger partial charge is 0.123 e. The van der Waals surface area contributed by atoms with Crippen LogP contribution >= 0.6 is 11.6 Å². The van der Waals surface area contributed by atoms with Gasteiger partial charge < -0.3 is 5.11 Å². The van der Waals surface area contributed by atoms with Crippen LogP contribution in [0.5, 0.6) is 5.75 Å². The van der Waals surface area contributed by atoms with E-state index in [0.29, 0.717) is 10.8 Å². The molecule has 0 radical (unpaired) electrons. The van der Waals surface area contributed by atoms with Crippen LogP contribution in [0.3, 0.4) is 0 Å². The third-order valence-electron chi connectivity index (χ3n) is 4.75. The number of fused-ring (bicyclic) bond motifs is 1. The number of imidazole rings is 1. The Hall–Kier alpha value is -2.00. The SMILES string of the molecule is Cc1nc2cc(Cl)ccc2n1-c1cc(C(C)(C)C)c(O)c(C(C)(C)C)c1. The number of hydrogen-bond acceptors (Lipinski definition) is 2. The molecule has 0 aliphatic carbocycles. The van der Waals surface area contributed by atoms with Crippen LogP contribution in [0.2, 0.25) is 5.02 Å². The minimum absolute atomic E-state index is 0.173. The van der Waals surface area contributed by atoms with Crippen LogP contribution < -0.4 is 0 Å². The minimum Gasteiger partial charge on any atom is -0.507 e. The van der Waals surface area contributed by atoms with Gasteiger partial charge in [-0.2, -0.15) is 0 Å². The fourth-order valence-corrected chi connectivity index (χ4v) is 3.56. The van der Waals surface area contributed by atoms with Crippen LogP contribution in [0.25, 0.3) is 16.7 Å². The van der Waals surface area contributed by atoms with Gasteiger partial charge in [0.15, 0.2) is 0 Å². The fraction of sp³-hybridized carbons (Fsp3) is 0.409. The lowest BCUT2D eigenvalue weighted by Crippen LogP contribution is -2.18. The molecular weight excluding hydrogens is 344 g/mol. The summed E-state index contributed by atoms with van der Waals surface area (Å²) in [4.78, 5) is 4.67. The summed E-state index contributed by atoms with van der Waals surface area (Å²) in [7, 11) is 0. The molecule has 1 heterocycles. The number of phenols is 1. The van der Waals surface area contributed by atoms with Gasteiger partial charge in [0.1, 0.15) is 11.6 Å². The van der Waals surface area contributed by atoms with Crippen LogP contribution in [0, 0.1) is 6.92 Å². The largest absolute Gasteiger partial charge is 0.507 e. The summed E-state index contributed by atoms with van der Waals surface area (Å²) >= 11 is 6.13. The molecule has 0 saturated carbocycles. The Balaban J connectivity index is 2.38. The first-order valence-corrected chi connectivity index (χ1v) is 9.30. The molecule has 0 aliphatic rings. The Morgan fingerprint density at radius 3 is 1.96 bits per heavy atom. The molecule has 4 heteroatoms. The number of rotatable bonds is 1. The van der Waals surface area contributed by atoms with Crippen molar-refractivity contribution in [1.82, 2.24) is 9.55 Å². The summed E-state index contributed by atoms with van der Waals surface area (Å²) in [5.74, 6) is 1.28. The summed E-state index contributed by atoms with van der Waals surface area (Å²) in [5.41, 5.74) is 4.43. The summed E-state index contributed by atoms with van der Waals surface area (Å²) < 4.78 is 2.13. The van der Waals surface area contributed by atoms with Gasteiger partial charge in [0, 0.05) is 21.8 Å². The van der Waals surface area contributed by atoms with Crippen molar-refractivity contribution >= 4 is 22.6 Å². The first-order valence-electron chi connectivity index (χ1n) is 8.92. The number of aromatic hydroxyl groups is 1. The number of halogens is 1. The second-order valence-corrected chi connectivity index (χ2v) is 9.45.